The third kappa shape index (κ3) is 3.72. The zero-order valence-corrected chi connectivity index (χ0v) is 5.45. The Hall–Kier alpha value is -1.25. The van der Waals surface area contributed by atoms with Crippen molar-refractivity contribution >= 4 is 5.78 Å². The summed E-state index contributed by atoms with van der Waals surface area (Å²) in [6.07, 6.45) is 8.09. The lowest BCUT2D eigenvalue weighted by molar-refractivity contribution is -0.198. The highest BCUT2D eigenvalue weighted by atomic mass is 17.2. The van der Waals surface area contributed by atoms with Gasteiger partial charge in [0.25, 0.3) is 0 Å². The molecule has 10 heavy (non-hydrogen) atoms. The monoisotopic (exact) mass is 140 g/mol. The summed E-state index contributed by atoms with van der Waals surface area (Å²) in [6, 6.07) is 0. The van der Waals surface area contributed by atoms with Crippen LogP contribution in [0.15, 0.2) is 24.7 Å². The van der Waals surface area contributed by atoms with E-state index in [-0.39, 0.29) is 0 Å². The van der Waals surface area contributed by atoms with Crippen molar-refractivity contribution in [2.45, 2.75) is 12.8 Å². The molecule has 1 aliphatic carbocycles. The van der Waals surface area contributed by atoms with E-state index in [0.29, 0.717) is 5.78 Å². The van der Waals surface area contributed by atoms with Crippen LogP contribution in [0, 0.1) is 0 Å². The lowest BCUT2D eigenvalue weighted by Gasteiger charge is -1.94. The van der Waals surface area contributed by atoms with Crippen molar-refractivity contribution in [2.75, 3.05) is 0 Å². The average molecular weight is 140 g/mol. The smallest absolute Gasteiger partial charge is 0.142 e. The fraction of sp³-hybridized carbons (Fsp3) is 0.286. The van der Waals surface area contributed by atoms with Crippen molar-refractivity contribution in [3.05, 3.63) is 24.7 Å². The van der Waals surface area contributed by atoms with Crippen molar-refractivity contribution < 1.29 is 14.6 Å². The van der Waals surface area contributed by atoms with Gasteiger partial charge in [0, 0.05) is 12.8 Å². The normalized spacial score (nSPS) is 18.2. The third-order valence-corrected chi connectivity index (χ3v) is 0.889. The Morgan fingerprint density at radius 1 is 1.10 bits per heavy atom. The number of carbonyl (C=O) groups is 1. The molecule has 0 unspecified atom stereocenters. The van der Waals surface area contributed by atoms with Gasteiger partial charge in [0.2, 0.25) is 0 Å². The van der Waals surface area contributed by atoms with Crippen LogP contribution in [0.5, 0.6) is 0 Å². The van der Waals surface area contributed by atoms with Crippen molar-refractivity contribution in [3.8, 4) is 0 Å². The minimum absolute atomic E-state index is 0.417. The molecule has 0 saturated heterocycles. The molecular formula is C7H8O3. The molecule has 0 atom stereocenters. The molecule has 54 valence electrons. The van der Waals surface area contributed by atoms with E-state index in [0.717, 1.165) is 12.8 Å². The molecule has 0 spiro atoms. The van der Waals surface area contributed by atoms with Crippen LogP contribution < -0.4 is 0 Å². The van der Waals surface area contributed by atoms with Gasteiger partial charge in [-0.1, -0.05) is 0 Å². The highest BCUT2D eigenvalue weighted by Gasteiger charge is 2.13. The van der Waals surface area contributed by atoms with E-state index in [4.69, 9.17) is 0 Å². The SMILES string of the molecule is C1=COOC=C1.O=C1CC1. The maximum absolute atomic E-state index is 9.56. The predicted molar refractivity (Wildman–Crippen MR) is 34.7 cm³/mol. The minimum Gasteiger partial charge on any atom is -0.300 e. The van der Waals surface area contributed by atoms with E-state index in [1.807, 2.05) is 0 Å². The lowest BCUT2D eigenvalue weighted by atomic mass is 10.6. The van der Waals surface area contributed by atoms with Crippen LogP contribution in [0.4, 0.5) is 0 Å². The zero-order chi connectivity index (χ0) is 7.23. The molecule has 0 aromatic rings. The number of allylic oxidation sites excluding steroid dienone is 2. The van der Waals surface area contributed by atoms with Crippen LogP contribution in [0.3, 0.4) is 0 Å². The first kappa shape index (κ1) is 6.86. The van der Waals surface area contributed by atoms with Gasteiger partial charge in [0.05, 0.1) is 0 Å². The zero-order valence-electron chi connectivity index (χ0n) is 5.45. The number of ketones is 1. The summed E-state index contributed by atoms with van der Waals surface area (Å²) < 4.78 is 0. The van der Waals surface area contributed by atoms with E-state index < -0.39 is 0 Å². The predicted octanol–water partition coefficient (Wildman–Crippen LogP) is 1.32. The molecule has 3 heteroatoms. The standard InChI is InChI=1S/C4H4O2.C3H4O/c1-2-4-6-5-3-1;4-3-1-2-3/h1-4H;1-2H2. The topological polar surface area (TPSA) is 35.5 Å². The molecular weight excluding hydrogens is 132 g/mol. The second kappa shape index (κ2) is 3.71. The Morgan fingerprint density at radius 3 is 1.60 bits per heavy atom. The summed E-state index contributed by atoms with van der Waals surface area (Å²) >= 11 is 0. The van der Waals surface area contributed by atoms with Gasteiger partial charge < -0.3 is 0 Å². The van der Waals surface area contributed by atoms with Gasteiger partial charge >= 0.3 is 0 Å². The van der Waals surface area contributed by atoms with Crippen LogP contribution in [0.25, 0.3) is 0 Å². The van der Waals surface area contributed by atoms with E-state index in [1.165, 1.54) is 12.5 Å². The van der Waals surface area contributed by atoms with Crippen molar-refractivity contribution in [1.82, 2.24) is 0 Å². The Labute approximate surface area is 58.9 Å². The number of hydrogen-bond acceptors (Lipinski definition) is 3. The Balaban J connectivity index is 0.000000108. The Bertz CT molecular complexity index is 152. The lowest BCUT2D eigenvalue weighted by Crippen LogP contribution is -1.78. The molecule has 1 heterocycles. The van der Waals surface area contributed by atoms with E-state index in [1.54, 1.807) is 12.2 Å². The van der Waals surface area contributed by atoms with Gasteiger partial charge in [0.1, 0.15) is 18.3 Å². The number of hydrogen-bond donors (Lipinski definition) is 0. The van der Waals surface area contributed by atoms with E-state index in [9.17, 15) is 4.79 Å². The van der Waals surface area contributed by atoms with Gasteiger partial charge in [-0.15, -0.1) is 0 Å². The highest BCUT2D eigenvalue weighted by molar-refractivity contribution is 5.92. The van der Waals surface area contributed by atoms with Gasteiger partial charge in [-0.2, -0.15) is 0 Å². The average Bonchev–Trinajstić information content (AvgIpc) is 2.77. The molecule has 0 bridgehead atoms. The van der Waals surface area contributed by atoms with Crippen LogP contribution in [-0.4, -0.2) is 5.78 Å². The molecule has 0 amide bonds. The fourth-order valence-corrected chi connectivity index (χ4v) is 0.270. The number of Topliss-reactive ketones (excluding diaryl/α,β-unsaturated/α-hetero) is 1. The minimum atomic E-state index is 0.417. The summed E-state index contributed by atoms with van der Waals surface area (Å²) in [4.78, 5) is 18.2. The Kier molecular flexibility index (Phi) is 2.55. The number of rotatable bonds is 0. The summed E-state index contributed by atoms with van der Waals surface area (Å²) in [5.74, 6) is 0.417. The first-order valence-electron chi connectivity index (χ1n) is 3.05. The molecule has 0 N–H and O–H groups in total. The summed E-state index contributed by atoms with van der Waals surface area (Å²) in [5.41, 5.74) is 0. The van der Waals surface area contributed by atoms with Crippen molar-refractivity contribution in [3.63, 3.8) is 0 Å². The molecule has 1 fully saturated rings. The maximum Gasteiger partial charge on any atom is 0.142 e. The largest absolute Gasteiger partial charge is 0.300 e. The molecule has 2 aliphatic rings. The van der Waals surface area contributed by atoms with Gasteiger partial charge in [-0.3, -0.25) is 14.6 Å². The molecule has 0 aromatic carbocycles. The molecule has 1 aliphatic heterocycles. The molecule has 3 nitrogen and oxygen atoms in total. The number of carbonyl (C=O) groups excluding carboxylic acids is 1. The van der Waals surface area contributed by atoms with Crippen LogP contribution in [0.1, 0.15) is 12.8 Å². The van der Waals surface area contributed by atoms with Crippen LogP contribution >= 0.6 is 0 Å². The fourth-order valence-electron chi connectivity index (χ4n) is 0.270. The molecule has 2 rings (SSSR count). The Morgan fingerprint density at radius 2 is 1.50 bits per heavy atom. The van der Waals surface area contributed by atoms with Crippen LogP contribution in [0.2, 0.25) is 0 Å². The van der Waals surface area contributed by atoms with Gasteiger partial charge in [0.15, 0.2) is 0 Å². The molecule has 0 aromatic heterocycles. The quantitative estimate of drug-likeness (QED) is 0.476. The van der Waals surface area contributed by atoms with E-state index in [2.05, 4.69) is 9.78 Å². The second-order valence-corrected chi connectivity index (χ2v) is 1.89. The summed E-state index contributed by atoms with van der Waals surface area (Å²) in [6.45, 7) is 0. The summed E-state index contributed by atoms with van der Waals surface area (Å²) in [5, 5.41) is 0. The first-order chi connectivity index (χ1) is 4.89. The van der Waals surface area contributed by atoms with Gasteiger partial charge in [-0.25, -0.2) is 0 Å². The highest BCUT2D eigenvalue weighted by Crippen LogP contribution is 2.08. The maximum atomic E-state index is 9.56. The van der Waals surface area contributed by atoms with Crippen molar-refractivity contribution in [2.24, 2.45) is 0 Å². The third-order valence-electron chi connectivity index (χ3n) is 0.889. The first-order valence-corrected chi connectivity index (χ1v) is 3.05. The van der Waals surface area contributed by atoms with Gasteiger partial charge in [-0.05, 0) is 12.2 Å². The molecule has 0 radical (unpaired) electrons. The molecule has 1 saturated carbocycles. The summed E-state index contributed by atoms with van der Waals surface area (Å²) in [7, 11) is 0. The van der Waals surface area contributed by atoms with Crippen LogP contribution in [-0.2, 0) is 14.6 Å². The van der Waals surface area contributed by atoms with E-state index >= 15 is 0 Å². The second-order valence-electron chi connectivity index (χ2n) is 1.89. The van der Waals surface area contributed by atoms with Crippen molar-refractivity contribution in [1.29, 1.82) is 0 Å².